The van der Waals surface area contributed by atoms with Crippen LogP contribution in [0.4, 0.5) is 0 Å². The standard InChI is InChI=1S/C25H48/c1-21(20-23(5,6)7)14-17-25(10,11)19-18-24(8,9)16-13-12-15-22(2,3)4/h12-14H,15-20H2,1-11H3. The summed E-state index contributed by atoms with van der Waals surface area (Å²) in [5, 5.41) is 0. The second-order valence-electron chi connectivity index (χ2n) is 12.3. The summed E-state index contributed by atoms with van der Waals surface area (Å²) in [7, 11) is 0. The van der Waals surface area contributed by atoms with Gasteiger partial charge in [-0.2, -0.15) is 0 Å². The summed E-state index contributed by atoms with van der Waals surface area (Å²) in [6.45, 7) is 25.9. The molecule has 148 valence electrons. The monoisotopic (exact) mass is 348 g/mol. The van der Waals surface area contributed by atoms with Gasteiger partial charge >= 0.3 is 0 Å². The number of rotatable bonds is 9. The highest BCUT2D eigenvalue weighted by atomic mass is 14.3. The molecule has 0 rings (SSSR count). The molecule has 0 unspecified atom stereocenters. The Morgan fingerprint density at radius 3 is 1.48 bits per heavy atom. The first-order chi connectivity index (χ1) is 11.0. The van der Waals surface area contributed by atoms with E-state index in [-0.39, 0.29) is 0 Å². The summed E-state index contributed by atoms with van der Waals surface area (Å²) in [5.74, 6) is 0. The van der Waals surface area contributed by atoms with Crippen LogP contribution in [0.15, 0.2) is 23.8 Å². The van der Waals surface area contributed by atoms with Crippen LogP contribution < -0.4 is 0 Å². The van der Waals surface area contributed by atoms with Crippen molar-refractivity contribution >= 4 is 0 Å². The van der Waals surface area contributed by atoms with E-state index in [1.165, 1.54) is 38.5 Å². The summed E-state index contributed by atoms with van der Waals surface area (Å²) in [4.78, 5) is 0. The first-order valence-corrected chi connectivity index (χ1v) is 10.3. The van der Waals surface area contributed by atoms with Crippen LogP contribution in [-0.2, 0) is 0 Å². The van der Waals surface area contributed by atoms with Gasteiger partial charge < -0.3 is 0 Å². The third kappa shape index (κ3) is 15.5. The zero-order chi connectivity index (χ0) is 19.9. The van der Waals surface area contributed by atoms with Gasteiger partial charge in [0.1, 0.15) is 0 Å². The molecular weight excluding hydrogens is 300 g/mol. The minimum absolute atomic E-state index is 0.394. The van der Waals surface area contributed by atoms with Crippen molar-refractivity contribution in [2.75, 3.05) is 0 Å². The topological polar surface area (TPSA) is 0 Å². The van der Waals surface area contributed by atoms with E-state index >= 15 is 0 Å². The molecule has 0 heteroatoms. The lowest BCUT2D eigenvalue weighted by atomic mass is 9.75. The molecule has 0 aromatic heterocycles. The Bertz CT molecular complexity index is 430. The van der Waals surface area contributed by atoms with E-state index in [4.69, 9.17) is 0 Å². The van der Waals surface area contributed by atoms with Gasteiger partial charge in [0.05, 0.1) is 0 Å². The molecule has 0 aliphatic carbocycles. The largest absolute Gasteiger partial charge is 0.0880 e. The fourth-order valence-electron chi connectivity index (χ4n) is 3.08. The van der Waals surface area contributed by atoms with Crippen molar-refractivity contribution < 1.29 is 0 Å². The predicted molar refractivity (Wildman–Crippen MR) is 117 cm³/mol. The Balaban J connectivity index is 4.43. The smallest absolute Gasteiger partial charge is 0.0274 e. The van der Waals surface area contributed by atoms with Crippen molar-refractivity contribution in [2.24, 2.45) is 21.7 Å². The Labute approximate surface area is 160 Å². The molecule has 0 saturated carbocycles. The lowest BCUT2D eigenvalue weighted by molar-refractivity contribution is 0.241. The van der Waals surface area contributed by atoms with Gasteiger partial charge in [0, 0.05) is 0 Å². The highest BCUT2D eigenvalue weighted by molar-refractivity contribution is 5.02. The third-order valence-electron chi connectivity index (χ3n) is 4.86. The van der Waals surface area contributed by atoms with Gasteiger partial charge in [-0.15, -0.1) is 0 Å². The minimum atomic E-state index is 0.394. The first-order valence-electron chi connectivity index (χ1n) is 10.3. The Kier molecular flexibility index (Phi) is 9.23. The van der Waals surface area contributed by atoms with Crippen LogP contribution in [0.1, 0.15) is 115 Å². The average Bonchev–Trinajstić information content (AvgIpc) is 2.37. The molecular formula is C25H48. The van der Waals surface area contributed by atoms with E-state index in [1.807, 2.05) is 0 Å². The summed E-state index contributed by atoms with van der Waals surface area (Å²) in [6, 6.07) is 0. The second kappa shape index (κ2) is 9.43. The van der Waals surface area contributed by atoms with Gasteiger partial charge in [-0.05, 0) is 67.1 Å². The van der Waals surface area contributed by atoms with Crippen LogP contribution in [0.5, 0.6) is 0 Å². The van der Waals surface area contributed by atoms with Crippen molar-refractivity contribution in [3.8, 4) is 0 Å². The van der Waals surface area contributed by atoms with E-state index in [9.17, 15) is 0 Å². The zero-order valence-electron chi connectivity index (χ0n) is 19.5. The van der Waals surface area contributed by atoms with Gasteiger partial charge in [0.15, 0.2) is 0 Å². The maximum absolute atomic E-state index is 2.49. The molecule has 0 amide bonds. The van der Waals surface area contributed by atoms with E-state index in [0.29, 0.717) is 21.7 Å². The second-order valence-corrected chi connectivity index (χ2v) is 12.3. The molecule has 0 N–H and O–H groups in total. The van der Waals surface area contributed by atoms with Crippen molar-refractivity contribution in [2.45, 2.75) is 115 Å². The van der Waals surface area contributed by atoms with Gasteiger partial charge in [-0.3, -0.25) is 0 Å². The molecule has 0 spiro atoms. The Morgan fingerprint density at radius 2 is 1.04 bits per heavy atom. The highest BCUT2D eigenvalue weighted by Gasteiger charge is 2.23. The SMILES string of the molecule is CC(=CCC(C)(C)CCC(C)(C)CC=CCC(C)(C)C)CC(C)(C)C. The molecule has 0 aliphatic heterocycles. The Hall–Kier alpha value is -0.520. The lowest BCUT2D eigenvalue weighted by Crippen LogP contribution is -2.17. The molecule has 0 aliphatic rings. The first kappa shape index (κ1) is 24.5. The average molecular weight is 349 g/mol. The fraction of sp³-hybridized carbons (Fsp3) is 0.840. The molecule has 0 fully saturated rings. The molecule has 25 heavy (non-hydrogen) atoms. The minimum Gasteiger partial charge on any atom is -0.0880 e. The van der Waals surface area contributed by atoms with Gasteiger partial charge in [0.25, 0.3) is 0 Å². The summed E-state index contributed by atoms with van der Waals surface area (Å²) in [6.07, 6.45) is 14.6. The van der Waals surface area contributed by atoms with Crippen molar-refractivity contribution in [3.63, 3.8) is 0 Å². The zero-order valence-corrected chi connectivity index (χ0v) is 19.5. The van der Waals surface area contributed by atoms with Gasteiger partial charge in [-0.25, -0.2) is 0 Å². The van der Waals surface area contributed by atoms with Crippen LogP contribution in [0.2, 0.25) is 0 Å². The van der Waals surface area contributed by atoms with Crippen LogP contribution in [-0.4, -0.2) is 0 Å². The molecule has 0 aromatic rings. The maximum atomic E-state index is 2.49. The van der Waals surface area contributed by atoms with Crippen molar-refractivity contribution in [1.29, 1.82) is 0 Å². The van der Waals surface area contributed by atoms with E-state index in [1.54, 1.807) is 5.57 Å². The van der Waals surface area contributed by atoms with Crippen LogP contribution in [0.25, 0.3) is 0 Å². The highest BCUT2D eigenvalue weighted by Crippen LogP contribution is 2.36. The molecule has 0 heterocycles. The van der Waals surface area contributed by atoms with Gasteiger partial charge in [0.2, 0.25) is 0 Å². The van der Waals surface area contributed by atoms with Crippen LogP contribution in [0, 0.1) is 21.7 Å². The van der Waals surface area contributed by atoms with Crippen molar-refractivity contribution in [3.05, 3.63) is 23.8 Å². The molecule has 0 bridgehead atoms. The van der Waals surface area contributed by atoms with Crippen molar-refractivity contribution in [1.82, 2.24) is 0 Å². The third-order valence-corrected chi connectivity index (χ3v) is 4.86. The van der Waals surface area contributed by atoms with E-state index in [0.717, 1.165) is 0 Å². The lowest BCUT2D eigenvalue weighted by Gasteiger charge is -2.30. The van der Waals surface area contributed by atoms with Crippen LogP contribution in [0.3, 0.4) is 0 Å². The summed E-state index contributed by atoms with van der Waals surface area (Å²) < 4.78 is 0. The quantitative estimate of drug-likeness (QED) is 0.365. The maximum Gasteiger partial charge on any atom is -0.0274 e. The number of allylic oxidation sites excluding steroid dienone is 4. The molecule has 0 atom stereocenters. The van der Waals surface area contributed by atoms with E-state index < -0.39 is 0 Å². The molecule has 0 saturated heterocycles. The normalized spacial score (nSPS) is 15.2. The Morgan fingerprint density at radius 1 is 0.600 bits per heavy atom. The molecule has 0 aromatic carbocycles. The predicted octanol–water partition coefficient (Wildman–Crippen LogP) is 8.97. The van der Waals surface area contributed by atoms with E-state index in [2.05, 4.69) is 94.4 Å². The molecule has 0 radical (unpaired) electrons. The fourth-order valence-corrected chi connectivity index (χ4v) is 3.08. The summed E-state index contributed by atoms with van der Waals surface area (Å²) >= 11 is 0. The number of hydrogen-bond donors (Lipinski definition) is 0. The van der Waals surface area contributed by atoms with Gasteiger partial charge in [-0.1, -0.05) is 93.0 Å². The number of hydrogen-bond acceptors (Lipinski definition) is 0. The summed E-state index contributed by atoms with van der Waals surface area (Å²) in [5.41, 5.74) is 3.14. The van der Waals surface area contributed by atoms with Crippen LogP contribution >= 0.6 is 0 Å². The molecule has 0 nitrogen and oxygen atoms in total.